The molecule has 4 heteroatoms. The molecule has 0 aliphatic carbocycles. The second-order valence-electron chi connectivity index (χ2n) is 3.95. The maximum Gasteiger partial charge on any atom is 0.189 e. The van der Waals surface area contributed by atoms with Crippen LogP contribution in [0.1, 0.15) is 11.1 Å². The van der Waals surface area contributed by atoms with Crippen LogP contribution in [0.5, 0.6) is 5.75 Å². The van der Waals surface area contributed by atoms with E-state index < -0.39 is 0 Å². The second kappa shape index (κ2) is 7.53. The average Bonchev–Trinajstić information content (AvgIpc) is 2.45. The quantitative estimate of drug-likeness (QED) is 0.427. The molecule has 0 N–H and O–H groups in total. The van der Waals surface area contributed by atoms with Gasteiger partial charge in [-0.2, -0.15) is 0 Å². The van der Waals surface area contributed by atoms with E-state index in [2.05, 4.69) is 15.9 Å². The Balaban J connectivity index is 1.85. The van der Waals surface area contributed by atoms with E-state index in [4.69, 9.17) is 21.1 Å². The van der Waals surface area contributed by atoms with Gasteiger partial charge in [0.05, 0.1) is 6.61 Å². The Labute approximate surface area is 126 Å². The minimum absolute atomic E-state index is 0.204. The van der Waals surface area contributed by atoms with Crippen LogP contribution in [0.25, 0.3) is 0 Å². The predicted molar refractivity (Wildman–Crippen MR) is 80.8 cm³/mol. The molecule has 0 unspecified atom stereocenters. The summed E-state index contributed by atoms with van der Waals surface area (Å²) >= 11 is 9.49. The molecule has 2 nitrogen and oxygen atoms in total. The fraction of sp³-hybridized carbons (Fsp3) is 0.200. The lowest BCUT2D eigenvalue weighted by atomic mass is 10.2. The van der Waals surface area contributed by atoms with Gasteiger partial charge in [-0.1, -0.05) is 63.9 Å². The third-order valence-electron chi connectivity index (χ3n) is 2.62. The van der Waals surface area contributed by atoms with Crippen LogP contribution < -0.4 is 4.74 Å². The van der Waals surface area contributed by atoms with Crippen molar-refractivity contribution in [2.45, 2.75) is 11.9 Å². The van der Waals surface area contributed by atoms with Crippen molar-refractivity contribution in [2.24, 2.45) is 0 Å². The van der Waals surface area contributed by atoms with Crippen LogP contribution in [0.4, 0.5) is 0 Å². The van der Waals surface area contributed by atoms with Gasteiger partial charge < -0.3 is 9.47 Å². The molecule has 0 radical (unpaired) electrons. The lowest BCUT2D eigenvalue weighted by Gasteiger charge is -2.11. The zero-order valence-corrected chi connectivity index (χ0v) is 12.7. The van der Waals surface area contributed by atoms with Gasteiger partial charge in [0.15, 0.2) is 6.79 Å². The molecule has 0 aromatic heterocycles. The monoisotopic (exact) mass is 340 g/mol. The van der Waals surface area contributed by atoms with Crippen LogP contribution >= 0.6 is 27.5 Å². The van der Waals surface area contributed by atoms with Crippen molar-refractivity contribution in [1.82, 2.24) is 0 Å². The van der Waals surface area contributed by atoms with Crippen LogP contribution in [0.3, 0.4) is 0 Å². The van der Waals surface area contributed by atoms with E-state index in [0.29, 0.717) is 17.0 Å². The smallest absolute Gasteiger partial charge is 0.189 e. The van der Waals surface area contributed by atoms with Gasteiger partial charge >= 0.3 is 0 Å². The number of ether oxygens (including phenoxy) is 2. The summed E-state index contributed by atoms with van der Waals surface area (Å²) < 4.78 is 11.1. The first-order chi connectivity index (χ1) is 9.31. The number of rotatable bonds is 6. The highest BCUT2D eigenvalue weighted by Gasteiger charge is 2.06. The molecule has 0 atom stereocenters. The summed E-state index contributed by atoms with van der Waals surface area (Å²) in [7, 11) is 0. The largest absolute Gasteiger partial charge is 0.467 e. The minimum atomic E-state index is 0.204. The predicted octanol–water partition coefficient (Wildman–Crippen LogP) is 4.79. The molecule has 0 saturated carbocycles. The molecule has 2 aromatic carbocycles. The molecule has 0 saturated heterocycles. The van der Waals surface area contributed by atoms with Gasteiger partial charge in [-0.15, -0.1) is 0 Å². The van der Waals surface area contributed by atoms with Gasteiger partial charge in [0.1, 0.15) is 5.75 Å². The molecule has 100 valence electrons. The molecule has 0 aliphatic heterocycles. The summed E-state index contributed by atoms with van der Waals surface area (Å²) in [6.07, 6.45) is 0. The van der Waals surface area contributed by atoms with Gasteiger partial charge in [0.2, 0.25) is 0 Å². The number of hydrogen-bond donors (Lipinski definition) is 0. The van der Waals surface area contributed by atoms with E-state index in [1.54, 1.807) is 0 Å². The second-order valence-corrected chi connectivity index (χ2v) is 4.91. The molecule has 2 aromatic rings. The Morgan fingerprint density at radius 1 is 1.00 bits per heavy atom. The van der Waals surface area contributed by atoms with E-state index >= 15 is 0 Å². The maximum atomic E-state index is 6.09. The molecule has 0 amide bonds. The average molecular weight is 342 g/mol. The molecule has 0 spiro atoms. The highest BCUT2D eigenvalue weighted by molar-refractivity contribution is 9.08. The first kappa shape index (κ1) is 14.4. The van der Waals surface area contributed by atoms with Crippen LogP contribution in [0.15, 0.2) is 48.5 Å². The first-order valence-corrected chi connectivity index (χ1v) is 7.39. The van der Waals surface area contributed by atoms with E-state index in [0.717, 1.165) is 16.9 Å². The molecule has 0 fully saturated rings. The molecular weight excluding hydrogens is 328 g/mol. The molecule has 0 aliphatic rings. The number of hydrogen-bond acceptors (Lipinski definition) is 2. The summed E-state index contributed by atoms with van der Waals surface area (Å²) in [5.41, 5.74) is 2.06. The van der Waals surface area contributed by atoms with Crippen molar-refractivity contribution in [3.05, 3.63) is 64.7 Å². The van der Waals surface area contributed by atoms with Crippen LogP contribution in [-0.2, 0) is 16.7 Å². The summed E-state index contributed by atoms with van der Waals surface area (Å²) in [6.45, 7) is 0.736. The Kier molecular flexibility index (Phi) is 5.70. The van der Waals surface area contributed by atoms with Crippen molar-refractivity contribution in [2.75, 3.05) is 6.79 Å². The Morgan fingerprint density at radius 2 is 1.79 bits per heavy atom. The molecule has 0 heterocycles. The lowest BCUT2D eigenvalue weighted by Crippen LogP contribution is -2.04. The summed E-state index contributed by atoms with van der Waals surface area (Å²) in [5, 5.41) is 1.35. The minimum Gasteiger partial charge on any atom is -0.467 e. The van der Waals surface area contributed by atoms with E-state index in [-0.39, 0.29) is 6.79 Å². The number of alkyl halides is 1. The van der Waals surface area contributed by atoms with E-state index in [9.17, 15) is 0 Å². The Bertz CT molecular complexity index is 517. The van der Waals surface area contributed by atoms with Gasteiger partial charge in [0.25, 0.3) is 0 Å². The van der Waals surface area contributed by atoms with E-state index in [1.807, 2.05) is 48.5 Å². The summed E-state index contributed by atoms with van der Waals surface area (Å²) in [6, 6.07) is 15.6. The third-order valence-corrected chi connectivity index (χ3v) is 3.53. The summed E-state index contributed by atoms with van der Waals surface area (Å²) in [5.74, 6) is 0.748. The standard InChI is InChI=1S/C15H14BrClO2/c16-9-13-14(17)7-4-8-15(13)19-11-18-10-12-5-2-1-3-6-12/h1-8H,9-11H2. The van der Waals surface area contributed by atoms with Crippen molar-refractivity contribution in [1.29, 1.82) is 0 Å². The van der Waals surface area contributed by atoms with Crippen LogP contribution in [0.2, 0.25) is 5.02 Å². The number of benzene rings is 2. The van der Waals surface area contributed by atoms with Crippen LogP contribution in [-0.4, -0.2) is 6.79 Å². The third kappa shape index (κ3) is 4.23. The zero-order chi connectivity index (χ0) is 13.5. The maximum absolute atomic E-state index is 6.09. The van der Waals surface area contributed by atoms with Gasteiger partial charge in [-0.05, 0) is 17.7 Å². The SMILES string of the molecule is Clc1cccc(OCOCc2ccccc2)c1CBr. The highest BCUT2D eigenvalue weighted by atomic mass is 79.9. The molecular formula is C15H14BrClO2. The van der Waals surface area contributed by atoms with Crippen molar-refractivity contribution >= 4 is 27.5 Å². The molecule has 2 rings (SSSR count). The van der Waals surface area contributed by atoms with Crippen molar-refractivity contribution in [3.8, 4) is 5.75 Å². The first-order valence-electron chi connectivity index (χ1n) is 5.89. The van der Waals surface area contributed by atoms with Gasteiger partial charge in [0, 0.05) is 15.9 Å². The Morgan fingerprint density at radius 3 is 2.53 bits per heavy atom. The number of halogens is 2. The van der Waals surface area contributed by atoms with Crippen molar-refractivity contribution in [3.63, 3.8) is 0 Å². The van der Waals surface area contributed by atoms with E-state index in [1.165, 1.54) is 0 Å². The van der Waals surface area contributed by atoms with Gasteiger partial charge in [-0.25, -0.2) is 0 Å². The normalized spacial score (nSPS) is 10.4. The fourth-order valence-corrected chi connectivity index (χ4v) is 2.62. The zero-order valence-electron chi connectivity index (χ0n) is 10.3. The lowest BCUT2D eigenvalue weighted by molar-refractivity contribution is 0.00467. The molecule has 19 heavy (non-hydrogen) atoms. The molecule has 0 bridgehead atoms. The topological polar surface area (TPSA) is 18.5 Å². The van der Waals surface area contributed by atoms with Gasteiger partial charge in [-0.3, -0.25) is 0 Å². The summed E-state index contributed by atoms with van der Waals surface area (Å²) in [4.78, 5) is 0. The van der Waals surface area contributed by atoms with Crippen molar-refractivity contribution < 1.29 is 9.47 Å². The fourth-order valence-electron chi connectivity index (χ4n) is 1.64. The Hall–Kier alpha value is -1.03. The highest BCUT2D eigenvalue weighted by Crippen LogP contribution is 2.28. The van der Waals surface area contributed by atoms with Crippen LogP contribution in [0, 0.1) is 0 Å².